The smallest absolute Gasteiger partial charge is 0.325 e. The van der Waals surface area contributed by atoms with E-state index in [-0.39, 0.29) is 19.2 Å². The Morgan fingerprint density at radius 1 is 1.23 bits per heavy atom. The molecule has 3 aromatic rings. The molecule has 182 valence electrons. The van der Waals surface area contributed by atoms with E-state index in [9.17, 15) is 14.4 Å². The van der Waals surface area contributed by atoms with Crippen LogP contribution in [0.3, 0.4) is 0 Å². The number of carbonyl (C=O) groups excluding carboxylic acids is 3. The first-order valence-electron chi connectivity index (χ1n) is 11.1. The Hall–Kier alpha value is -3.93. The van der Waals surface area contributed by atoms with Crippen molar-refractivity contribution in [1.82, 2.24) is 25.3 Å². The summed E-state index contributed by atoms with van der Waals surface area (Å²) in [6.45, 7) is 3.70. The summed E-state index contributed by atoms with van der Waals surface area (Å²) >= 11 is 1.47. The lowest BCUT2D eigenvalue weighted by molar-refractivity contribution is -0.139. The number of carbonyl (C=O) groups is 3. The van der Waals surface area contributed by atoms with E-state index >= 15 is 0 Å². The Balaban J connectivity index is 1.30. The number of aromatic nitrogens is 2. The van der Waals surface area contributed by atoms with Gasteiger partial charge in [-0.2, -0.15) is 0 Å². The molecule has 1 N–H and O–H groups in total. The summed E-state index contributed by atoms with van der Waals surface area (Å²) in [5, 5.41) is 12.7. The number of rotatable bonds is 8. The quantitative estimate of drug-likeness (QED) is 0.471. The predicted molar refractivity (Wildman–Crippen MR) is 123 cm³/mol. The van der Waals surface area contributed by atoms with Gasteiger partial charge in [0.1, 0.15) is 12.1 Å². The maximum absolute atomic E-state index is 13.3. The average molecular weight is 498 g/mol. The second-order valence-electron chi connectivity index (χ2n) is 8.31. The van der Waals surface area contributed by atoms with E-state index in [0.29, 0.717) is 35.9 Å². The molecule has 11 nitrogen and oxygen atoms in total. The molecule has 5 rings (SSSR count). The van der Waals surface area contributed by atoms with Crippen LogP contribution in [0.5, 0.6) is 11.5 Å². The normalized spacial score (nSPS) is 18.7. The third-order valence-electron chi connectivity index (χ3n) is 5.89. The summed E-state index contributed by atoms with van der Waals surface area (Å²) in [4.78, 5) is 42.5. The summed E-state index contributed by atoms with van der Waals surface area (Å²) in [5.74, 6) is 0.797. The van der Waals surface area contributed by atoms with Crippen molar-refractivity contribution in [1.29, 1.82) is 0 Å². The molecule has 1 atom stereocenters. The summed E-state index contributed by atoms with van der Waals surface area (Å²) in [5.41, 5.74) is -0.803. The molecule has 0 radical (unpaired) electrons. The number of amides is 4. The van der Waals surface area contributed by atoms with Crippen molar-refractivity contribution in [2.75, 3.05) is 19.9 Å². The zero-order valence-corrected chi connectivity index (χ0v) is 20.0. The molecule has 0 spiro atoms. The molecule has 2 aliphatic rings. The maximum atomic E-state index is 13.3. The van der Waals surface area contributed by atoms with Gasteiger partial charge >= 0.3 is 6.03 Å². The maximum Gasteiger partial charge on any atom is 0.325 e. The van der Waals surface area contributed by atoms with Crippen LogP contribution in [0.2, 0.25) is 0 Å². The highest BCUT2D eigenvalue weighted by Crippen LogP contribution is 2.37. The molecule has 4 amide bonds. The summed E-state index contributed by atoms with van der Waals surface area (Å²) in [7, 11) is 0. The van der Waals surface area contributed by atoms with E-state index in [4.69, 9.17) is 13.9 Å². The highest BCUT2D eigenvalue weighted by atomic mass is 32.1. The first-order chi connectivity index (χ1) is 16.9. The van der Waals surface area contributed by atoms with E-state index in [1.54, 1.807) is 25.1 Å². The molecule has 4 heterocycles. The van der Waals surface area contributed by atoms with E-state index < -0.39 is 29.9 Å². The Kier molecular flexibility index (Phi) is 5.89. The van der Waals surface area contributed by atoms with E-state index in [0.717, 1.165) is 9.78 Å². The SMILES string of the molecule is CCCN(Cc1nnc(-c2cccs2)o1)C(=O)CN1C(=O)N[C@](C)(c2ccc3c(c2)OCO3)C1=O. The van der Waals surface area contributed by atoms with Crippen LogP contribution in [0.25, 0.3) is 10.8 Å². The van der Waals surface area contributed by atoms with Crippen molar-refractivity contribution in [3.05, 3.63) is 47.2 Å². The fraction of sp³-hybridized carbons (Fsp3) is 0.348. The van der Waals surface area contributed by atoms with Crippen LogP contribution < -0.4 is 14.8 Å². The standard InChI is InChI=1S/C23H23N5O6S/c1-3-8-27(11-18-25-26-20(34-18)17-5-4-9-35-17)19(29)12-28-21(30)23(2,24-22(28)31)14-6-7-15-16(10-14)33-13-32-15/h4-7,9-10H,3,8,11-13H2,1-2H3,(H,24,31)/t23-/m1/s1. The van der Waals surface area contributed by atoms with Crippen molar-refractivity contribution < 1.29 is 28.3 Å². The molecule has 2 aliphatic heterocycles. The topological polar surface area (TPSA) is 127 Å². The first-order valence-corrected chi connectivity index (χ1v) is 12.0. The monoisotopic (exact) mass is 497 g/mol. The average Bonchev–Trinajstić information content (AvgIpc) is 3.64. The zero-order valence-electron chi connectivity index (χ0n) is 19.1. The van der Waals surface area contributed by atoms with Crippen LogP contribution in [0, 0.1) is 0 Å². The Labute approximate surface area is 204 Å². The Bertz CT molecular complexity index is 1280. The lowest BCUT2D eigenvalue weighted by Crippen LogP contribution is -2.44. The van der Waals surface area contributed by atoms with Crippen LogP contribution >= 0.6 is 11.3 Å². The fourth-order valence-electron chi connectivity index (χ4n) is 4.02. The lowest BCUT2D eigenvalue weighted by atomic mass is 9.91. The van der Waals surface area contributed by atoms with Gasteiger partial charge in [-0.25, -0.2) is 4.79 Å². The number of urea groups is 1. The molecule has 2 aromatic heterocycles. The van der Waals surface area contributed by atoms with E-state index in [1.807, 2.05) is 24.4 Å². The summed E-state index contributed by atoms with van der Waals surface area (Å²) in [6.07, 6.45) is 0.673. The molecule has 0 unspecified atom stereocenters. The summed E-state index contributed by atoms with van der Waals surface area (Å²) < 4.78 is 16.4. The molecule has 12 heteroatoms. The highest BCUT2D eigenvalue weighted by Gasteiger charge is 2.50. The van der Waals surface area contributed by atoms with Gasteiger partial charge in [0, 0.05) is 6.54 Å². The second kappa shape index (κ2) is 9.02. The van der Waals surface area contributed by atoms with E-state index in [1.165, 1.54) is 16.2 Å². The minimum atomic E-state index is -1.34. The Morgan fingerprint density at radius 2 is 2.06 bits per heavy atom. The van der Waals surface area contributed by atoms with Gasteiger partial charge in [-0.15, -0.1) is 21.5 Å². The summed E-state index contributed by atoms with van der Waals surface area (Å²) in [6, 6.07) is 8.15. The van der Waals surface area contributed by atoms with Crippen molar-refractivity contribution in [3.8, 4) is 22.3 Å². The molecule has 0 aliphatic carbocycles. The number of fused-ring (bicyclic) bond motifs is 1. The number of hydrogen-bond acceptors (Lipinski definition) is 9. The largest absolute Gasteiger partial charge is 0.454 e. The number of imide groups is 1. The van der Waals surface area contributed by atoms with Crippen LogP contribution in [0.1, 0.15) is 31.7 Å². The van der Waals surface area contributed by atoms with Crippen LogP contribution in [0.4, 0.5) is 4.79 Å². The minimum Gasteiger partial charge on any atom is -0.454 e. The number of thiophene rings is 1. The third kappa shape index (κ3) is 4.20. The van der Waals surface area contributed by atoms with Gasteiger partial charge < -0.3 is 24.1 Å². The zero-order chi connectivity index (χ0) is 24.6. The van der Waals surface area contributed by atoms with Crippen LogP contribution in [-0.2, 0) is 21.7 Å². The molecular formula is C23H23N5O6S. The predicted octanol–water partition coefficient (Wildman–Crippen LogP) is 2.73. The lowest BCUT2D eigenvalue weighted by Gasteiger charge is -2.24. The van der Waals surface area contributed by atoms with Crippen LogP contribution in [-0.4, -0.2) is 57.7 Å². The van der Waals surface area contributed by atoms with Gasteiger partial charge in [-0.3, -0.25) is 14.5 Å². The minimum absolute atomic E-state index is 0.0775. The molecule has 1 saturated heterocycles. The van der Waals surface area contributed by atoms with Gasteiger partial charge in [-0.1, -0.05) is 19.1 Å². The second-order valence-corrected chi connectivity index (χ2v) is 9.26. The fourth-order valence-corrected chi connectivity index (χ4v) is 4.67. The Morgan fingerprint density at radius 3 is 2.83 bits per heavy atom. The van der Waals surface area contributed by atoms with E-state index in [2.05, 4.69) is 15.5 Å². The van der Waals surface area contributed by atoms with Crippen molar-refractivity contribution in [2.45, 2.75) is 32.4 Å². The van der Waals surface area contributed by atoms with Crippen molar-refractivity contribution in [2.24, 2.45) is 0 Å². The van der Waals surface area contributed by atoms with Gasteiger partial charge in [-0.05, 0) is 42.5 Å². The molecular weight excluding hydrogens is 474 g/mol. The van der Waals surface area contributed by atoms with Crippen molar-refractivity contribution in [3.63, 3.8) is 0 Å². The van der Waals surface area contributed by atoms with Gasteiger partial charge in [0.25, 0.3) is 11.8 Å². The molecule has 35 heavy (non-hydrogen) atoms. The molecule has 1 fully saturated rings. The highest BCUT2D eigenvalue weighted by molar-refractivity contribution is 7.13. The van der Waals surface area contributed by atoms with Gasteiger partial charge in [0.05, 0.1) is 11.4 Å². The number of ether oxygens (including phenoxy) is 2. The van der Waals surface area contributed by atoms with Crippen molar-refractivity contribution >= 4 is 29.2 Å². The molecule has 0 saturated carbocycles. The number of nitrogens with zero attached hydrogens (tertiary/aromatic N) is 4. The molecule has 1 aromatic carbocycles. The van der Waals surface area contributed by atoms with Crippen LogP contribution in [0.15, 0.2) is 40.1 Å². The molecule has 0 bridgehead atoms. The number of hydrogen-bond donors (Lipinski definition) is 1. The van der Waals surface area contributed by atoms with Gasteiger partial charge in [0.2, 0.25) is 18.6 Å². The number of nitrogens with one attached hydrogen (secondary N) is 1. The third-order valence-corrected chi connectivity index (χ3v) is 6.75. The number of benzene rings is 1. The van der Waals surface area contributed by atoms with Gasteiger partial charge in [0.15, 0.2) is 11.5 Å². The first kappa shape index (κ1) is 22.8.